The number of rotatable bonds is 4. The summed E-state index contributed by atoms with van der Waals surface area (Å²) in [6, 6.07) is 7.87. The van der Waals surface area contributed by atoms with Crippen LogP contribution in [0.2, 0.25) is 0 Å². The highest BCUT2D eigenvalue weighted by atomic mass is 16.5. The lowest BCUT2D eigenvalue weighted by Gasteiger charge is -2.36. The number of aryl methyl sites for hydroxylation is 2. The fourth-order valence-corrected chi connectivity index (χ4v) is 3.21. The summed E-state index contributed by atoms with van der Waals surface area (Å²) in [5.74, 6) is -0.158. The van der Waals surface area contributed by atoms with E-state index < -0.39 is 5.54 Å². The molecule has 2 heterocycles. The molecule has 24 heavy (non-hydrogen) atoms. The quantitative estimate of drug-likeness (QED) is 0.904. The first kappa shape index (κ1) is 16.9. The van der Waals surface area contributed by atoms with Gasteiger partial charge in [-0.15, -0.1) is 0 Å². The number of amides is 1. The lowest BCUT2D eigenvalue weighted by Crippen LogP contribution is -2.54. The average molecular weight is 328 g/mol. The number of fused-ring (bicyclic) bond motifs is 1. The van der Waals surface area contributed by atoms with E-state index in [2.05, 4.69) is 17.2 Å². The average Bonchev–Trinajstić information content (AvgIpc) is 2.61. The SMILES string of the molecule is CCc1ccc2nc(C)cc(C(=O)NC3(CO)CCOCC3)c2c1. The summed E-state index contributed by atoms with van der Waals surface area (Å²) >= 11 is 0. The second-order valence-electron chi connectivity index (χ2n) is 6.52. The molecule has 1 fully saturated rings. The molecule has 0 saturated carbocycles. The van der Waals surface area contributed by atoms with Gasteiger partial charge < -0.3 is 15.2 Å². The summed E-state index contributed by atoms with van der Waals surface area (Å²) in [5, 5.41) is 13.7. The molecule has 5 heteroatoms. The molecule has 1 aliphatic heterocycles. The molecule has 1 amide bonds. The molecule has 1 aromatic carbocycles. The van der Waals surface area contributed by atoms with Gasteiger partial charge in [0.25, 0.3) is 5.91 Å². The molecule has 1 saturated heterocycles. The van der Waals surface area contributed by atoms with E-state index in [4.69, 9.17) is 4.74 Å². The van der Waals surface area contributed by atoms with Crippen molar-refractivity contribution < 1.29 is 14.6 Å². The van der Waals surface area contributed by atoms with Crippen LogP contribution in [-0.2, 0) is 11.2 Å². The van der Waals surface area contributed by atoms with Crippen molar-refractivity contribution in [2.75, 3.05) is 19.8 Å². The van der Waals surface area contributed by atoms with Crippen LogP contribution in [0.1, 0.15) is 41.4 Å². The largest absolute Gasteiger partial charge is 0.394 e. The van der Waals surface area contributed by atoms with Crippen LogP contribution in [0.15, 0.2) is 24.3 Å². The summed E-state index contributed by atoms with van der Waals surface area (Å²) in [6.45, 7) is 5.00. The van der Waals surface area contributed by atoms with Crippen LogP contribution in [0.25, 0.3) is 10.9 Å². The standard InChI is InChI=1S/C19H24N2O3/c1-3-14-4-5-17-15(11-14)16(10-13(2)20-17)18(23)21-19(12-22)6-8-24-9-7-19/h4-5,10-11,22H,3,6-9,12H2,1-2H3,(H,21,23). The Morgan fingerprint density at radius 3 is 2.75 bits per heavy atom. The van der Waals surface area contributed by atoms with Crippen LogP contribution in [0.5, 0.6) is 0 Å². The highest BCUT2D eigenvalue weighted by Gasteiger charge is 2.34. The molecular weight excluding hydrogens is 304 g/mol. The summed E-state index contributed by atoms with van der Waals surface area (Å²) in [6.07, 6.45) is 2.15. The smallest absolute Gasteiger partial charge is 0.252 e. The molecule has 5 nitrogen and oxygen atoms in total. The number of benzene rings is 1. The normalized spacial score (nSPS) is 17.0. The van der Waals surface area contributed by atoms with E-state index in [-0.39, 0.29) is 12.5 Å². The Morgan fingerprint density at radius 2 is 2.08 bits per heavy atom. The Bertz CT molecular complexity index is 752. The van der Waals surface area contributed by atoms with Gasteiger partial charge in [-0.1, -0.05) is 13.0 Å². The number of aliphatic hydroxyl groups is 1. The van der Waals surface area contributed by atoms with Crippen molar-refractivity contribution in [3.63, 3.8) is 0 Å². The number of hydrogen-bond donors (Lipinski definition) is 2. The highest BCUT2D eigenvalue weighted by molar-refractivity contribution is 6.06. The van der Waals surface area contributed by atoms with E-state index in [1.54, 1.807) is 0 Å². The Hall–Kier alpha value is -1.98. The van der Waals surface area contributed by atoms with E-state index in [0.717, 1.165) is 23.0 Å². The van der Waals surface area contributed by atoms with Crippen molar-refractivity contribution in [3.05, 3.63) is 41.1 Å². The third-order valence-corrected chi connectivity index (χ3v) is 4.79. The number of carbonyl (C=O) groups is 1. The van der Waals surface area contributed by atoms with Gasteiger partial charge in [0.15, 0.2) is 0 Å². The number of nitrogens with one attached hydrogen (secondary N) is 1. The maximum absolute atomic E-state index is 13.0. The number of ether oxygens (including phenoxy) is 1. The molecule has 1 aliphatic rings. The summed E-state index contributed by atoms with van der Waals surface area (Å²) in [5.41, 5.74) is 2.82. The molecule has 3 rings (SSSR count). The molecule has 0 atom stereocenters. The molecule has 2 N–H and O–H groups in total. The molecule has 0 unspecified atom stereocenters. The van der Waals surface area contributed by atoms with Gasteiger partial charge in [0.2, 0.25) is 0 Å². The Morgan fingerprint density at radius 1 is 1.33 bits per heavy atom. The van der Waals surface area contributed by atoms with Gasteiger partial charge >= 0.3 is 0 Å². The van der Waals surface area contributed by atoms with Crippen LogP contribution in [-0.4, -0.2) is 41.4 Å². The van der Waals surface area contributed by atoms with Gasteiger partial charge in [-0.3, -0.25) is 9.78 Å². The number of carbonyl (C=O) groups excluding carboxylic acids is 1. The van der Waals surface area contributed by atoms with Gasteiger partial charge in [0.1, 0.15) is 0 Å². The highest BCUT2D eigenvalue weighted by Crippen LogP contribution is 2.24. The fraction of sp³-hybridized carbons (Fsp3) is 0.474. The first-order valence-corrected chi connectivity index (χ1v) is 8.48. The minimum absolute atomic E-state index is 0.0791. The topological polar surface area (TPSA) is 71.5 Å². The van der Waals surface area contributed by atoms with Gasteiger partial charge in [-0.2, -0.15) is 0 Å². The van der Waals surface area contributed by atoms with Gasteiger partial charge in [-0.05, 0) is 49.9 Å². The number of aromatic nitrogens is 1. The van der Waals surface area contributed by atoms with E-state index in [9.17, 15) is 9.90 Å². The van der Waals surface area contributed by atoms with Crippen molar-refractivity contribution in [1.82, 2.24) is 10.3 Å². The zero-order chi connectivity index (χ0) is 17.2. The second-order valence-corrected chi connectivity index (χ2v) is 6.52. The molecule has 2 aromatic rings. The Balaban J connectivity index is 1.99. The molecular formula is C19H24N2O3. The molecule has 0 aliphatic carbocycles. The van der Waals surface area contributed by atoms with Crippen molar-refractivity contribution in [3.8, 4) is 0 Å². The Labute approximate surface area is 142 Å². The summed E-state index contributed by atoms with van der Waals surface area (Å²) < 4.78 is 5.36. The van der Waals surface area contributed by atoms with Crippen LogP contribution < -0.4 is 5.32 Å². The first-order chi connectivity index (χ1) is 11.6. The third-order valence-electron chi connectivity index (χ3n) is 4.79. The lowest BCUT2D eigenvalue weighted by atomic mass is 9.90. The fourth-order valence-electron chi connectivity index (χ4n) is 3.21. The van der Waals surface area contributed by atoms with Crippen LogP contribution >= 0.6 is 0 Å². The zero-order valence-corrected chi connectivity index (χ0v) is 14.3. The maximum Gasteiger partial charge on any atom is 0.252 e. The van der Waals surface area contributed by atoms with Gasteiger partial charge in [0.05, 0.1) is 23.2 Å². The van der Waals surface area contributed by atoms with Crippen molar-refractivity contribution in [2.45, 2.75) is 38.6 Å². The Kier molecular flexibility index (Phi) is 4.83. The van der Waals surface area contributed by atoms with Gasteiger partial charge in [-0.25, -0.2) is 0 Å². The van der Waals surface area contributed by atoms with Crippen LogP contribution in [0, 0.1) is 6.92 Å². The number of nitrogens with zero attached hydrogens (tertiary/aromatic N) is 1. The van der Waals surface area contributed by atoms with Crippen molar-refractivity contribution >= 4 is 16.8 Å². The van der Waals surface area contributed by atoms with E-state index in [0.29, 0.717) is 31.6 Å². The first-order valence-electron chi connectivity index (χ1n) is 8.48. The van der Waals surface area contributed by atoms with E-state index in [1.807, 2.05) is 31.2 Å². The van der Waals surface area contributed by atoms with Crippen LogP contribution in [0.3, 0.4) is 0 Å². The molecule has 1 aromatic heterocycles. The summed E-state index contributed by atoms with van der Waals surface area (Å²) in [4.78, 5) is 17.5. The monoisotopic (exact) mass is 328 g/mol. The predicted octanol–water partition coefficient (Wildman–Crippen LogP) is 2.38. The zero-order valence-electron chi connectivity index (χ0n) is 14.3. The summed E-state index contributed by atoms with van der Waals surface area (Å²) in [7, 11) is 0. The third kappa shape index (κ3) is 3.28. The molecule has 0 radical (unpaired) electrons. The number of pyridine rings is 1. The minimum Gasteiger partial charge on any atom is -0.394 e. The molecule has 0 bridgehead atoms. The second kappa shape index (κ2) is 6.87. The molecule has 128 valence electrons. The lowest BCUT2D eigenvalue weighted by molar-refractivity contribution is 0.0126. The van der Waals surface area contributed by atoms with Crippen LogP contribution in [0.4, 0.5) is 0 Å². The van der Waals surface area contributed by atoms with Crippen molar-refractivity contribution in [2.24, 2.45) is 0 Å². The number of hydrogen-bond acceptors (Lipinski definition) is 4. The van der Waals surface area contributed by atoms with E-state index >= 15 is 0 Å². The van der Waals surface area contributed by atoms with Crippen molar-refractivity contribution in [1.29, 1.82) is 0 Å². The maximum atomic E-state index is 13.0. The number of aliphatic hydroxyl groups excluding tert-OH is 1. The van der Waals surface area contributed by atoms with E-state index in [1.165, 1.54) is 5.56 Å². The van der Waals surface area contributed by atoms with Gasteiger partial charge in [0, 0.05) is 24.3 Å². The minimum atomic E-state index is -0.596. The predicted molar refractivity (Wildman–Crippen MR) is 93.2 cm³/mol. The molecule has 0 spiro atoms.